The first-order chi connectivity index (χ1) is 14.4. The van der Waals surface area contributed by atoms with Gasteiger partial charge in [0.2, 0.25) is 6.29 Å². The number of nitrogens with zero attached hydrogens (tertiary/aromatic N) is 3. The molecule has 2 amide bonds. The number of allylic oxidation sites excluding steroid dienone is 1. The fraction of sp³-hybridized carbons (Fsp3) is 0.389. The van der Waals surface area contributed by atoms with E-state index < -0.39 is 29.3 Å². The van der Waals surface area contributed by atoms with Crippen molar-refractivity contribution < 1.29 is 24.0 Å². The fourth-order valence-electron chi connectivity index (χ4n) is 3.25. The largest absolute Gasteiger partial charge is 0.460 e. The fourth-order valence-corrected chi connectivity index (χ4v) is 3.64. The maximum atomic E-state index is 12.9. The molecule has 0 aromatic heterocycles. The number of carbonyl (C=O) groups excluding carboxylic acids is 2. The molecule has 11 nitrogen and oxygen atoms in total. The smallest absolute Gasteiger partial charge is 0.338 e. The molecule has 0 spiro atoms. The molecule has 0 saturated heterocycles. The number of benzene rings is 1. The number of amidine groups is 1. The highest BCUT2D eigenvalue weighted by molar-refractivity contribution is 8.13. The van der Waals surface area contributed by atoms with E-state index in [2.05, 4.69) is 15.6 Å². The minimum atomic E-state index is -0.932. The third-order valence-electron chi connectivity index (χ3n) is 4.58. The zero-order chi connectivity index (χ0) is 21.8. The van der Waals surface area contributed by atoms with Gasteiger partial charge >= 0.3 is 12.0 Å². The number of hydrogen-bond donors (Lipinski definition) is 2. The van der Waals surface area contributed by atoms with Gasteiger partial charge in [-0.2, -0.15) is 0 Å². The van der Waals surface area contributed by atoms with Gasteiger partial charge in [0.1, 0.15) is 6.61 Å². The number of non-ortho nitro benzene ring substituents is 1. The first-order valence-corrected chi connectivity index (χ1v) is 10.2. The van der Waals surface area contributed by atoms with E-state index in [9.17, 15) is 19.7 Å². The van der Waals surface area contributed by atoms with Crippen molar-refractivity contribution in [1.82, 2.24) is 15.5 Å². The Labute approximate surface area is 176 Å². The second kappa shape index (κ2) is 9.13. The number of fused-ring (bicyclic) bond motifs is 1. The van der Waals surface area contributed by atoms with Gasteiger partial charge in [0.05, 0.1) is 23.1 Å². The summed E-state index contributed by atoms with van der Waals surface area (Å²) in [6.07, 6.45) is 0.998. The van der Waals surface area contributed by atoms with Gasteiger partial charge in [-0.1, -0.05) is 23.9 Å². The Morgan fingerprint density at radius 2 is 2.17 bits per heavy atom. The molecule has 0 radical (unpaired) electrons. The first-order valence-electron chi connectivity index (χ1n) is 8.96. The lowest BCUT2D eigenvalue weighted by molar-refractivity contribution is -0.384. The number of nitrogens with one attached hydrogen (secondary N) is 2. The van der Waals surface area contributed by atoms with Crippen molar-refractivity contribution in [3.8, 4) is 0 Å². The van der Waals surface area contributed by atoms with E-state index in [0.29, 0.717) is 16.4 Å². The highest BCUT2D eigenvalue weighted by Crippen LogP contribution is 2.38. The van der Waals surface area contributed by atoms with Crippen LogP contribution < -0.4 is 10.6 Å². The number of carbonyl (C=O) groups is 2. The Balaban J connectivity index is 2.10. The molecule has 0 aliphatic carbocycles. The highest BCUT2D eigenvalue weighted by atomic mass is 32.2. The summed E-state index contributed by atoms with van der Waals surface area (Å²) in [6, 6.07) is 4.39. The van der Waals surface area contributed by atoms with Crippen LogP contribution in [0.25, 0.3) is 0 Å². The number of amides is 2. The van der Waals surface area contributed by atoms with Crippen LogP contribution in [0.1, 0.15) is 18.5 Å². The molecule has 0 fully saturated rings. The van der Waals surface area contributed by atoms with Gasteiger partial charge in [-0.15, -0.1) is 0 Å². The van der Waals surface area contributed by atoms with Crippen LogP contribution in [0.4, 0.5) is 10.5 Å². The average Bonchev–Trinajstić information content (AvgIpc) is 2.72. The molecule has 2 heterocycles. The number of aliphatic imine (C=N–C) groups is 1. The summed E-state index contributed by atoms with van der Waals surface area (Å²) in [7, 11) is 1.48. The summed E-state index contributed by atoms with van der Waals surface area (Å²) in [5, 5.41) is 17.4. The molecule has 2 aliphatic heterocycles. The number of rotatable bonds is 6. The van der Waals surface area contributed by atoms with Crippen molar-refractivity contribution in [2.75, 3.05) is 26.6 Å². The zero-order valence-corrected chi connectivity index (χ0v) is 17.4. The van der Waals surface area contributed by atoms with Gasteiger partial charge in [-0.05, 0) is 18.7 Å². The van der Waals surface area contributed by atoms with Gasteiger partial charge in [0.15, 0.2) is 5.17 Å². The van der Waals surface area contributed by atoms with E-state index >= 15 is 0 Å². The van der Waals surface area contributed by atoms with E-state index in [1.54, 1.807) is 19.2 Å². The average molecular weight is 435 g/mol. The Morgan fingerprint density at radius 3 is 2.83 bits per heavy atom. The topological polar surface area (TPSA) is 135 Å². The predicted molar refractivity (Wildman–Crippen MR) is 110 cm³/mol. The SMILES string of the molecule is COCCOC(=O)C1=C(C)NC2N=C(SC)NC(=O)N2C1c1cccc([N+](=O)[O-])c1. The first kappa shape index (κ1) is 21.6. The van der Waals surface area contributed by atoms with E-state index in [1.807, 2.05) is 0 Å². The molecule has 2 N–H and O–H groups in total. The van der Waals surface area contributed by atoms with E-state index in [0.717, 1.165) is 0 Å². The summed E-state index contributed by atoms with van der Waals surface area (Å²) in [5.41, 5.74) is 0.875. The predicted octanol–water partition coefficient (Wildman–Crippen LogP) is 1.73. The standard InChI is InChI=1S/C18H21N5O6S/c1-10-13(15(24)29-8-7-28-2)14(11-5-4-6-12(9-11)23(26)27)22-16(19-10)20-17(30-3)21-18(22)25/h4-6,9,14,16,19H,7-8H2,1-3H3,(H,20,21,25). The van der Waals surface area contributed by atoms with Crippen LogP contribution in [0.3, 0.4) is 0 Å². The molecule has 12 heteroatoms. The summed E-state index contributed by atoms with van der Waals surface area (Å²) >= 11 is 1.27. The van der Waals surface area contributed by atoms with Crippen LogP contribution in [-0.2, 0) is 14.3 Å². The van der Waals surface area contributed by atoms with Gasteiger partial charge in [-0.3, -0.25) is 20.3 Å². The minimum Gasteiger partial charge on any atom is -0.460 e. The lowest BCUT2D eigenvalue weighted by atomic mass is 9.93. The summed E-state index contributed by atoms with van der Waals surface area (Å²) in [5.74, 6) is -0.653. The summed E-state index contributed by atoms with van der Waals surface area (Å²) in [6.45, 7) is 1.91. The number of thioether (sulfide) groups is 1. The summed E-state index contributed by atoms with van der Waals surface area (Å²) in [4.78, 5) is 42.3. The molecular formula is C18H21N5O6S. The van der Waals surface area contributed by atoms with Gasteiger partial charge in [0.25, 0.3) is 5.69 Å². The molecule has 1 aromatic carbocycles. The van der Waals surface area contributed by atoms with E-state index in [-0.39, 0.29) is 24.5 Å². The molecule has 2 unspecified atom stereocenters. The molecule has 0 saturated carbocycles. The Kier molecular flexibility index (Phi) is 6.57. The van der Waals surface area contributed by atoms with E-state index in [4.69, 9.17) is 9.47 Å². The molecule has 0 bridgehead atoms. The number of ether oxygens (including phenoxy) is 2. The number of nitro benzene ring substituents is 1. The van der Waals surface area contributed by atoms with Gasteiger partial charge in [0, 0.05) is 24.9 Å². The van der Waals surface area contributed by atoms with Crippen molar-refractivity contribution in [3.63, 3.8) is 0 Å². The molecule has 160 valence electrons. The van der Waals surface area contributed by atoms with Crippen molar-refractivity contribution in [2.45, 2.75) is 19.3 Å². The third kappa shape index (κ3) is 4.24. The van der Waals surface area contributed by atoms with Crippen LogP contribution in [-0.4, -0.2) is 59.9 Å². The van der Waals surface area contributed by atoms with Crippen molar-refractivity contribution in [1.29, 1.82) is 0 Å². The Hall–Kier alpha value is -3.12. The molecule has 3 rings (SSSR count). The molecule has 1 aromatic rings. The number of methoxy groups -OCH3 is 1. The molecule has 2 atom stereocenters. The van der Waals surface area contributed by atoms with Crippen molar-refractivity contribution >= 4 is 34.6 Å². The lowest BCUT2D eigenvalue weighted by Crippen LogP contribution is -2.60. The monoisotopic (exact) mass is 435 g/mol. The second-order valence-electron chi connectivity index (χ2n) is 6.42. The number of urea groups is 1. The van der Waals surface area contributed by atoms with Crippen LogP contribution in [0.15, 0.2) is 40.5 Å². The quantitative estimate of drug-likeness (QED) is 0.298. The third-order valence-corrected chi connectivity index (χ3v) is 5.18. The van der Waals surface area contributed by atoms with E-state index in [1.165, 1.54) is 42.0 Å². The summed E-state index contributed by atoms with van der Waals surface area (Å²) < 4.78 is 10.2. The van der Waals surface area contributed by atoms with Crippen LogP contribution in [0.5, 0.6) is 0 Å². The van der Waals surface area contributed by atoms with Gasteiger partial charge < -0.3 is 14.8 Å². The molecule has 30 heavy (non-hydrogen) atoms. The maximum absolute atomic E-state index is 12.9. The Bertz CT molecular complexity index is 933. The Morgan fingerprint density at radius 1 is 1.40 bits per heavy atom. The van der Waals surface area contributed by atoms with Crippen LogP contribution in [0, 0.1) is 10.1 Å². The zero-order valence-electron chi connectivity index (χ0n) is 16.6. The normalized spacial score (nSPS) is 20.7. The molecule has 2 aliphatic rings. The highest BCUT2D eigenvalue weighted by Gasteiger charge is 2.44. The number of esters is 1. The number of hydrogen-bond acceptors (Lipinski definition) is 9. The second-order valence-corrected chi connectivity index (χ2v) is 7.21. The maximum Gasteiger partial charge on any atom is 0.338 e. The minimum absolute atomic E-state index is 0.0260. The lowest BCUT2D eigenvalue weighted by Gasteiger charge is -2.44. The van der Waals surface area contributed by atoms with Crippen LogP contribution in [0.2, 0.25) is 0 Å². The van der Waals surface area contributed by atoms with Crippen LogP contribution >= 0.6 is 11.8 Å². The van der Waals surface area contributed by atoms with Gasteiger partial charge in [-0.25, -0.2) is 14.6 Å². The van der Waals surface area contributed by atoms with Crippen molar-refractivity contribution in [2.24, 2.45) is 4.99 Å². The van der Waals surface area contributed by atoms with Crippen molar-refractivity contribution in [3.05, 3.63) is 51.2 Å². The molecular weight excluding hydrogens is 414 g/mol. The number of nitro groups is 1.